The standard InChI is InChI=1S/C7H19N3.C2H6/c1-3-9-6-7-10-5-4-8-2;1-2/h8-10H,3-7H2,1-2H3;1-2H3. The first-order chi connectivity index (χ1) is 5.91. The van der Waals surface area contributed by atoms with Crippen LogP contribution in [-0.2, 0) is 0 Å². The zero-order valence-electron chi connectivity index (χ0n) is 9.04. The quantitative estimate of drug-likeness (QED) is 0.491. The van der Waals surface area contributed by atoms with Gasteiger partial charge in [0.1, 0.15) is 0 Å². The summed E-state index contributed by atoms with van der Waals surface area (Å²) in [6.45, 7) is 11.4. The summed E-state index contributed by atoms with van der Waals surface area (Å²) in [6, 6.07) is 0. The molecule has 12 heavy (non-hydrogen) atoms. The highest BCUT2D eigenvalue weighted by Gasteiger charge is 1.83. The van der Waals surface area contributed by atoms with E-state index in [1.54, 1.807) is 0 Å². The molecule has 3 N–H and O–H groups in total. The van der Waals surface area contributed by atoms with Gasteiger partial charge in [-0.3, -0.25) is 0 Å². The Morgan fingerprint density at radius 2 is 1.33 bits per heavy atom. The second kappa shape index (κ2) is 17.1. The Morgan fingerprint density at radius 3 is 1.83 bits per heavy atom. The summed E-state index contributed by atoms with van der Waals surface area (Å²) in [5.74, 6) is 0. The molecule has 0 radical (unpaired) electrons. The maximum absolute atomic E-state index is 3.30. The van der Waals surface area contributed by atoms with Crippen molar-refractivity contribution in [2.75, 3.05) is 39.8 Å². The predicted molar refractivity (Wildman–Crippen MR) is 56.7 cm³/mol. The van der Waals surface area contributed by atoms with Crippen LogP contribution in [0.5, 0.6) is 0 Å². The summed E-state index contributed by atoms with van der Waals surface area (Å²) >= 11 is 0. The first kappa shape index (κ1) is 14.4. The van der Waals surface area contributed by atoms with Crippen molar-refractivity contribution in [1.82, 2.24) is 16.0 Å². The van der Waals surface area contributed by atoms with Crippen molar-refractivity contribution in [3.8, 4) is 0 Å². The third kappa shape index (κ3) is 16.5. The Morgan fingerprint density at radius 1 is 0.833 bits per heavy atom. The average Bonchev–Trinajstić information content (AvgIpc) is 2.15. The van der Waals surface area contributed by atoms with Gasteiger partial charge in [0.2, 0.25) is 0 Å². The Kier molecular flexibility index (Phi) is 20.5. The van der Waals surface area contributed by atoms with E-state index in [1.807, 2.05) is 20.9 Å². The first-order valence-electron chi connectivity index (χ1n) is 4.97. The van der Waals surface area contributed by atoms with E-state index in [1.165, 1.54) is 0 Å². The van der Waals surface area contributed by atoms with E-state index in [0.717, 1.165) is 32.7 Å². The van der Waals surface area contributed by atoms with Crippen LogP contribution in [0.3, 0.4) is 0 Å². The molecule has 76 valence electrons. The fourth-order valence-electron chi connectivity index (χ4n) is 0.692. The molecular weight excluding hydrogens is 150 g/mol. The van der Waals surface area contributed by atoms with E-state index in [4.69, 9.17) is 0 Å². The van der Waals surface area contributed by atoms with E-state index >= 15 is 0 Å². The number of hydrogen-bond acceptors (Lipinski definition) is 3. The van der Waals surface area contributed by atoms with Crippen LogP contribution < -0.4 is 16.0 Å². The predicted octanol–water partition coefficient (Wildman–Crippen LogP) is 0.431. The number of likely N-dealkylation sites (N-methyl/N-ethyl adjacent to an activating group) is 2. The van der Waals surface area contributed by atoms with Crippen LogP contribution in [-0.4, -0.2) is 39.8 Å². The average molecular weight is 175 g/mol. The maximum atomic E-state index is 3.30. The SMILES string of the molecule is CC.CCNCCNCCNC. The molecule has 0 aromatic carbocycles. The third-order valence-electron chi connectivity index (χ3n) is 1.28. The molecule has 3 heteroatoms. The molecular formula is C9H25N3. The van der Waals surface area contributed by atoms with Gasteiger partial charge in [0, 0.05) is 26.2 Å². The van der Waals surface area contributed by atoms with Crippen molar-refractivity contribution < 1.29 is 0 Å². The second-order valence-corrected chi connectivity index (χ2v) is 2.21. The lowest BCUT2D eigenvalue weighted by Crippen LogP contribution is -2.31. The van der Waals surface area contributed by atoms with Gasteiger partial charge in [0.25, 0.3) is 0 Å². The molecule has 0 unspecified atom stereocenters. The smallest absolute Gasteiger partial charge is 0.00772 e. The van der Waals surface area contributed by atoms with E-state index in [2.05, 4.69) is 22.9 Å². The fourth-order valence-corrected chi connectivity index (χ4v) is 0.692. The second-order valence-electron chi connectivity index (χ2n) is 2.21. The molecule has 0 aromatic rings. The zero-order chi connectivity index (χ0) is 9.66. The van der Waals surface area contributed by atoms with Crippen LogP contribution in [0.25, 0.3) is 0 Å². The summed E-state index contributed by atoms with van der Waals surface area (Å²) < 4.78 is 0. The van der Waals surface area contributed by atoms with Crippen molar-refractivity contribution in [3.05, 3.63) is 0 Å². The Hall–Kier alpha value is -0.120. The number of hydrogen-bond donors (Lipinski definition) is 3. The molecule has 0 amide bonds. The van der Waals surface area contributed by atoms with Crippen LogP contribution in [0.1, 0.15) is 20.8 Å². The van der Waals surface area contributed by atoms with Crippen molar-refractivity contribution in [1.29, 1.82) is 0 Å². The van der Waals surface area contributed by atoms with Crippen molar-refractivity contribution >= 4 is 0 Å². The minimum atomic E-state index is 1.05. The topological polar surface area (TPSA) is 36.1 Å². The Bertz CT molecular complexity index is 49.7. The van der Waals surface area contributed by atoms with Crippen LogP contribution in [0.2, 0.25) is 0 Å². The first-order valence-corrected chi connectivity index (χ1v) is 4.97. The molecule has 3 nitrogen and oxygen atoms in total. The molecule has 0 saturated heterocycles. The monoisotopic (exact) mass is 175 g/mol. The number of rotatable bonds is 7. The van der Waals surface area contributed by atoms with Crippen molar-refractivity contribution in [3.63, 3.8) is 0 Å². The summed E-state index contributed by atoms with van der Waals surface area (Å²) in [7, 11) is 1.96. The molecule has 0 aromatic heterocycles. The minimum absolute atomic E-state index is 1.05. The highest BCUT2D eigenvalue weighted by molar-refractivity contribution is 4.50. The van der Waals surface area contributed by atoms with Gasteiger partial charge in [0.05, 0.1) is 0 Å². The zero-order valence-corrected chi connectivity index (χ0v) is 9.04. The molecule has 0 spiro atoms. The summed E-state index contributed by atoms with van der Waals surface area (Å²) in [5.41, 5.74) is 0. The maximum Gasteiger partial charge on any atom is 0.00772 e. The highest BCUT2D eigenvalue weighted by atomic mass is 15.0. The molecule has 0 aliphatic heterocycles. The fraction of sp³-hybridized carbons (Fsp3) is 1.00. The summed E-state index contributed by atoms with van der Waals surface area (Å²) in [5, 5.41) is 9.61. The lowest BCUT2D eigenvalue weighted by molar-refractivity contribution is 0.609. The van der Waals surface area contributed by atoms with Crippen molar-refractivity contribution in [2.45, 2.75) is 20.8 Å². The lowest BCUT2D eigenvalue weighted by atomic mass is 10.5. The molecule has 0 heterocycles. The molecule has 0 bridgehead atoms. The molecule has 0 aliphatic rings. The highest BCUT2D eigenvalue weighted by Crippen LogP contribution is 1.58. The van der Waals surface area contributed by atoms with Gasteiger partial charge >= 0.3 is 0 Å². The van der Waals surface area contributed by atoms with E-state index < -0.39 is 0 Å². The molecule has 0 aliphatic carbocycles. The summed E-state index contributed by atoms with van der Waals surface area (Å²) in [4.78, 5) is 0. The Labute approximate surface area is 77.3 Å². The van der Waals surface area contributed by atoms with Crippen LogP contribution in [0.15, 0.2) is 0 Å². The Balaban J connectivity index is 0. The van der Waals surface area contributed by atoms with E-state index in [9.17, 15) is 0 Å². The third-order valence-corrected chi connectivity index (χ3v) is 1.28. The van der Waals surface area contributed by atoms with Crippen LogP contribution in [0, 0.1) is 0 Å². The normalized spacial score (nSPS) is 9.00. The van der Waals surface area contributed by atoms with E-state index in [-0.39, 0.29) is 0 Å². The van der Waals surface area contributed by atoms with Crippen LogP contribution >= 0.6 is 0 Å². The number of nitrogens with one attached hydrogen (secondary N) is 3. The molecule has 0 fully saturated rings. The molecule has 0 atom stereocenters. The van der Waals surface area contributed by atoms with Gasteiger partial charge in [-0.15, -0.1) is 0 Å². The van der Waals surface area contributed by atoms with E-state index in [0.29, 0.717) is 0 Å². The van der Waals surface area contributed by atoms with Crippen molar-refractivity contribution in [2.24, 2.45) is 0 Å². The van der Waals surface area contributed by atoms with Gasteiger partial charge in [-0.05, 0) is 13.6 Å². The van der Waals surface area contributed by atoms with Gasteiger partial charge < -0.3 is 16.0 Å². The molecule has 0 saturated carbocycles. The van der Waals surface area contributed by atoms with Gasteiger partial charge in [-0.2, -0.15) is 0 Å². The lowest BCUT2D eigenvalue weighted by Gasteiger charge is -2.03. The largest absolute Gasteiger partial charge is 0.318 e. The van der Waals surface area contributed by atoms with Gasteiger partial charge in [0.15, 0.2) is 0 Å². The van der Waals surface area contributed by atoms with Crippen LogP contribution in [0.4, 0.5) is 0 Å². The molecule has 0 rings (SSSR count). The minimum Gasteiger partial charge on any atom is -0.318 e. The van der Waals surface area contributed by atoms with Gasteiger partial charge in [-0.25, -0.2) is 0 Å². The van der Waals surface area contributed by atoms with Gasteiger partial charge in [-0.1, -0.05) is 20.8 Å². The summed E-state index contributed by atoms with van der Waals surface area (Å²) in [6.07, 6.45) is 0.